The Hall–Kier alpha value is -4.39. The Labute approximate surface area is 203 Å². The van der Waals surface area contributed by atoms with Crippen molar-refractivity contribution in [3.05, 3.63) is 102 Å². The maximum atomic E-state index is 14.2. The van der Waals surface area contributed by atoms with E-state index < -0.39 is 0 Å². The highest BCUT2D eigenvalue weighted by Crippen LogP contribution is 2.28. The van der Waals surface area contributed by atoms with E-state index in [1.165, 1.54) is 12.4 Å². The zero-order valence-electron chi connectivity index (χ0n) is 19.6. The first-order chi connectivity index (χ1) is 17.1. The van der Waals surface area contributed by atoms with Crippen molar-refractivity contribution in [2.24, 2.45) is 0 Å². The van der Waals surface area contributed by atoms with E-state index in [-0.39, 0.29) is 5.82 Å². The summed E-state index contributed by atoms with van der Waals surface area (Å²) in [6.45, 7) is 4.65. The summed E-state index contributed by atoms with van der Waals surface area (Å²) in [6, 6.07) is 22.6. The summed E-state index contributed by atoms with van der Waals surface area (Å²) >= 11 is 0. The lowest BCUT2D eigenvalue weighted by Gasteiger charge is -2.10. The van der Waals surface area contributed by atoms with Crippen LogP contribution in [0.5, 0.6) is 11.5 Å². The van der Waals surface area contributed by atoms with Gasteiger partial charge in [-0.15, -0.1) is 0 Å². The Morgan fingerprint density at radius 3 is 2.43 bits per heavy atom. The number of nitrogens with zero attached hydrogens (tertiary/aromatic N) is 2. The number of aromatic nitrogens is 3. The van der Waals surface area contributed by atoms with Crippen molar-refractivity contribution in [2.45, 2.75) is 20.3 Å². The van der Waals surface area contributed by atoms with E-state index in [2.05, 4.69) is 25.6 Å². The lowest BCUT2D eigenvalue weighted by molar-refractivity contribution is 0.483. The lowest BCUT2D eigenvalue weighted by atomic mass is 10.0. The third kappa shape index (κ3) is 5.09. The fourth-order valence-electron chi connectivity index (χ4n) is 4.17. The number of ether oxygens (including phenoxy) is 1. The summed E-state index contributed by atoms with van der Waals surface area (Å²) < 4.78 is 20.1. The molecule has 0 unspecified atom stereocenters. The number of para-hydroxylation sites is 1. The number of rotatable bonds is 8. The number of anilines is 3. The van der Waals surface area contributed by atoms with Gasteiger partial charge in [0.05, 0.1) is 5.52 Å². The van der Waals surface area contributed by atoms with Crippen molar-refractivity contribution < 1.29 is 9.13 Å². The molecule has 0 aliphatic heterocycles. The number of hydrogen-bond donors (Lipinski definition) is 3. The standard InChI is InChI=1S/C28H26FN5O/c1-18-8-13-24(29)28-27(18)23(19(2)33-28)14-15-30-25-16-26(32-17-31-25)34-20-9-11-22(12-10-20)35-21-6-4-3-5-7-21/h3-13,16-17,33H,14-15H2,1-2H3,(H2,30,31,32,34). The highest BCUT2D eigenvalue weighted by atomic mass is 19.1. The second-order valence-electron chi connectivity index (χ2n) is 8.37. The first-order valence-corrected chi connectivity index (χ1v) is 11.5. The van der Waals surface area contributed by atoms with E-state index in [1.807, 2.05) is 80.6 Å². The van der Waals surface area contributed by atoms with Gasteiger partial charge in [-0.05, 0) is 73.9 Å². The van der Waals surface area contributed by atoms with Gasteiger partial charge in [-0.2, -0.15) is 0 Å². The van der Waals surface area contributed by atoms with Crippen LogP contribution in [0.1, 0.15) is 16.8 Å². The summed E-state index contributed by atoms with van der Waals surface area (Å²) in [5, 5.41) is 7.61. The molecule has 3 aromatic carbocycles. The molecule has 6 nitrogen and oxygen atoms in total. The van der Waals surface area contributed by atoms with Crippen LogP contribution in [0, 0.1) is 19.7 Å². The lowest BCUT2D eigenvalue weighted by Crippen LogP contribution is -2.08. The molecule has 0 bridgehead atoms. The average Bonchev–Trinajstić information content (AvgIpc) is 3.21. The largest absolute Gasteiger partial charge is 0.457 e. The quantitative estimate of drug-likeness (QED) is 0.231. The van der Waals surface area contributed by atoms with Crippen molar-refractivity contribution in [3.63, 3.8) is 0 Å². The fourth-order valence-corrected chi connectivity index (χ4v) is 4.17. The molecular formula is C28H26FN5O. The zero-order chi connectivity index (χ0) is 24.2. The number of hydrogen-bond acceptors (Lipinski definition) is 5. The molecule has 5 aromatic rings. The number of aryl methyl sites for hydroxylation is 2. The van der Waals surface area contributed by atoms with Crippen molar-refractivity contribution in [2.75, 3.05) is 17.2 Å². The molecule has 7 heteroatoms. The maximum absolute atomic E-state index is 14.2. The monoisotopic (exact) mass is 467 g/mol. The van der Waals surface area contributed by atoms with Crippen LogP contribution in [0.25, 0.3) is 10.9 Å². The highest BCUT2D eigenvalue weighted by Gasteiger charge is 2.13. The minimum Gasteiger partial charge on any atom is -0.457 e. The van der Waals surface area contributed by atoms with Gasteiger partial charge in [-0.25, -0.2) is 14.4 Å². The molecule has 0 amide bonds. The molecule has 0 aliphatic carbocycles. The van der Waals surface area contributed by atoms with Gasteiger partial charge in [0.25, 0.3) is 0 Å². The summed E-state index contributed by atoms with van der Waals surface area (Å²) in [5.74, 6) is 2.73. The minimum absolute atomic E-state index is 0.223. The van der Waals surface area contributed by atoms with E-state index in [9.17, 15) is 4.39 Å². The molecule has 0 aliphatic rings. The topological polar surface area (TPSA) is 74.9 Å². The Morgan fingerprint density at radius 1 is 0.886 bits per heavy atom. The molecule has 0 saturated carbocycles. The van der Waals surface area contributed by atoms with E-state index >= 15 is 0 Å². The van der Waals surface area contributed by atoms with Crippen LogP contribution in [0.2, 0.25) is 0 Å². The maximum Gasteiger partial charge on any atom is 0.147 e. The predicted molar refractivity (Wildman–Crippen MR) is 138 cm³/mol. The molecule has 2 aromatic heterocycles. The van der Waals surface area contributed by atoms with Gasteiger partial charge in [-0.3, -0.25) is 0 Å². The second kappa shape index (κ2) is 9.85. The number of halogens is 1. The molecule has 0 saturated heterocycles. The van der Waals surface area contributed by atoms with Crippen molar-refractivity contribution in [3.8, 4) is 11.5 Å². The summed E-state index contributed by atoms with van der Waals surface area (Å²) in [5.41, 5.74) is 4.64. The molecule has 35 heavy (non-hydrogen) atoms. The SMILES string of the molecule is Cc1[nH]c2c(F)ccc(C)c2c1CCNc1cc(Nc2ccc(Oc3ccccc3)cc2)ncn1. The highest BCUT2D eigenvalue weighted by molar-refractivity contribution is 5.88. The van der Waals surface area contributed by atoms with Crippen LogP contribution in [-0.4, -0.2) is 21.5 Å². The van der Waals surface area contributed by atoms with E-state index in [4.69, 9.17) is 4.74 Å². The molecule has 176 valence electrons. The van der Waals surface area contributed by atoms with Gasteiger partial charge in [0, 0.05) is 29.4 Å². The molecule has 3 N–H and O–H groups in total. The van der Waals surface area contributed by atoms with Crippen molar-refractivity contribution in [1.82, 2.24) is 15.0 Å². The average molecular weight is 468 g/mol. The van der Waals surface area contributed by atoms with Gasteiger partial charge < -0.3 is 20.4 Å². The molecule has 0 radical (unpaired) electrons. The number of aromatic amines is 1. The molecule has 0 spiro atoms. The smallest absolute Gasteiger partial charge is 0.147 e. The van der Waals surface area contributed by atoms with E-state index in [0.29, 0.717) is 23.7 Å². The van der Waals surface area contributed by atoms with E-state index in [0.717, 1.165) is 45.8 Å². The van der Waals surface area contributed by atoms with Crippen molar-refractivity contribution in [1.29, 1.82) is 0 Å². The van der Waals surface area contributed by atoms with Gasteiger partial charge in [0.15, 0.2) is 0 Å². The van der Waals surface area contributed by atoms with Gasteiger partial charge in [0.2, 0.25) is 0 Å². The normalized spacial score (nSPS) is 10.9. The Bertz CT molecular complexity index is 1450. The number of fused-ring (bicyclic) bond motifs is 1. The van der Waals surface area contributed by atoms with Crippen LogP contribution in [-0.2, 0) is 6.42 Å². The van der Waals surface area contributed by atoms with Gasteiger partial charge >= 0.3 is 0 Å². The zero-order valence-corrected chi connectivity index (χ0v) is 19.6. The molecule has 2 heterocycles. The van der Waals surface area contributed by atoms with Crippen LogP contribution in [0.3, 0.4) is 0 Å². The van der Waals surface area contributed by atoms with Crippen LogP contribution < -0.4 is 15.4 Å². The van der Waals surface area contributed by atoms with Crippen LogP contribution >= 0.6 is 0 Å². The number of H-pyrrole nitrogens is 1. The summed E-state index contributed by atoms with van der Waals surface area (Å²) in [6.07, 6.45) is 2.26. The number of nitrogens with one attached hydrogen (secondary N) is 3. The first-order valence-electron chi connectivity index (χ1n) is 11.5. The summed E-state index contributed by atoms with van der Waals surface area (Å²) in [4.78, 5) is 11.8. The van der Waals surface area contributed by atoms with E-state index in [1.54, 1.807) is 0 Å². The Kier molecular flexibility index (Phi) is 6.30. The second-order valence-corrected chi connectivity index (χ2v) is 8.37. The van der Waals surface area contributed by atoms with Gasteiger partial charge in [-0.1, -0.05) is 24.3 Å². The molecular weight excluding hydrogens is 441 g/mol. The minimum atomic E-state index is -0.223. The molecule has 0 atom stereocenters. The Balaban J connectivity index is 1.21. The molecule has 0 fully saturated rings. The summed E-state index contributed by atoms with van der Waals surface area (Å²) in [7, 11) is 0. The fraction of sp³-hybridized carbons (Fsp3) is 0.143. The van der Waals surface area contributed by atoms with Crippen LogP contribution in [0.15, 0.2) is 79.1 Å². The first kappa shape index (κ1) is 22.4. The third-order valence-corrected chi connectivity index (χ3v) is 5.88. The number of benzene rings is 3. The predicted octanol–water partition coefficient (Wildman–Crippen LogP) is 6.90. The van der Waals surface area contributed by atoms with Crippen LogP contribution in [0.4, 0.5) is 21.7 Å². The third-order valence-electron chi connectivity index (χ3n) is 5.88. The van der Waals surface area contributed by atoms with Gasteiger partial charge in [0.1, 0.15) is 35.3 Å². The van der Waals surface area contributed by atoms with Crippen molar-refractivity contribution >= 4 is 28.2 Å². The Morgan fingerprint density at radius 2 is 1.63 bits per heavy atom. The molecule has 5 rings (SSSR count).